The number of aliphatic hydroxyl groups is 1. The number of fused-ring (bicyclic) bond motifs is 4. The molecule has 13 heteroatoms. The number of benzene rings is 2. The van der Waals surface area contributed by atoms with E-state index in [-0.39, 0.29) is 23.1 Å². The first kappa shape index (κ1) is 40.3. The Balaban J connectivity index is 0.865. The van der Waals surface area contributed by atoms with Gasteiger partial charge in [0.25, 0.3) is 5.91 Å². The monoisotopic (exact) mass is 840 g/mol. The SMILES string of the molecule is Cn1c(C(=O)Nc2cccc(-c3cccc(/C=C(\F)c4cc5c(cn4)CN(C4CCC(O)CC4)CC5)c3Cl)c2Cl)nc2c1CCN(CCC13CCC(C(=O)O)(CC1)C3)C2. The summed E-state index contributed by atoms with van der Waals surface area (Å²) in [6, 6.07) is 13.0. The van der Waals surface area contributed by atoms with Gasteiger partial charge >= 0.3 is 5.97 Å². The first-order valence-electron chi connectivity index (χ1n) is 21.1. The van der Waals surface area contributed by atoms with E-state index >= 15 is 4.39 Å². The third-order valence-corrected chi connectivity index (χ3v) is 15.2. The van der Waals surface area contributed by atoms with Gasteiger partial charge in [0.05, 0.1) is 38.6 Å². The Morgan fingerprint density at radius 1 is 0.966 bits per heavy atom. The molecule has 2 aliphatic heterocycles. The lowest BCUT2D eigenvalue weighted by Crippen LogP contribution is -2.42. The fraction of sp³-hybridized carbons (Fsp3) is 0.478. The van der Waals surface area contributed by atoms with Crippen molar-refractivity contribution in [2.24, 2.45) is 17.9 Å². The number of rotatable bonds is 10. The van der Waals surface area contributed by atoms with Crippen LogP contribution in [0.3, 0.4) is 0 Å². The number of aromatic nitrogens is 3. The Kier molecular flexibility index (Phi) is 11.0. The van der Waals surface area contributed by atoms with Gasteiger partial charge in [-0.1, -0.05) is 53.5 Å². The summed E-state index contributed by atoms with van der Waals surface area (Å²) in [6.45, 7) is 4.08. The molecule has 4 aromatic rings. The third-order valence-electron chi connectivity index (χ3n) is 14.3. The van der Waals surface area contributed by atoms with Crippen molar-refractivity contribution in [1.82, 2.24) is 24.3 Å². The molecule has 2 aromatic heterocycles. The average Bonchev–Trinajstić information content (AvgIpc) is 3.92. The number of aliphatic carboxylic acids is 1. The van der Waals surface area contributed by atoms with Gasteiger partial charge in [0.15, 0.2) is 5.82 Å². The van der Waals surface area contributed by atoms with Crippen LogP contribution in [0.15, 0.2) is 48.7 Å². The minimum Gasteiger partial charge on any atom is -0.481 e. The van der Waals surface area contributed by atoms with E-state index in [0.717, 1.165) is 126 Å². The summed E-state index contributed by atoms with van der Waals surface area (Å²) in [5, 5.41) is 23.4. The summed E-state index contributed by atoms with van der Waals surface area (Å²) in [4.78, 5) is 39.9. The molecule has 5 aliphatic rings. The molecule has 310 valence electrons. The number of pyridine rings is 1. The van der Waals surface area contributed by atoms with Gasteiger partial charge in [-0.3, -0.25) is 24.4 Å². The molecule has 1 amide bonds. The van der Waals surface area contributed by atoms with Crippen LogP contribution >= 0.6 is 23.2 Å². The molecule has 3 aliphatic carbocycles. The van der Waals surface area contributed by atoms with Crippen LogP contribution in [0, 0.1) is 10.8 Å². The number of carboxylic acids is 1. The molecule has 0 spiro atoms. The van der Waals surface area contributed by atoms with Crippen LogP contribution in [-0.2, 0) is 37.8 Å². The molecular weight excluding hydrogens is 790 g/mol. The van der Waals surface area contributed by atoms with Gasteiger partial charge in [-0.15, -0.1) is 0 Å². The van der Waals surface area contributed by atoms with Crippen molar-refractivity contribution in [3.63, 3.8) is 0 Å². The number of halogens is 3. The van der Waals surface area contributed by atoms with Crippen molar-refractivity contribution in [3.8, 4) is 11.1 Å². The number of nitrogens with zero attached hydrogens (tertiary/aromatic N) is 5. The second-order valence-electron chi connectivity index (χ2n) is 17.8. The quantitative estimate of drug-likeness (QED) is 0.145. The largest absolute Gasteiger partial charge is 0.481 e. The minimum atomic E-state index is -0.630. The highest BCUT2D eigenvalue weighted by atomic mass is 35.5. The molecule has 0 radical (unpaired) electrons. The summed E-state index contributed by atoms with van der Waals surface area (Å²) in [5.74, 6) is -1.20. The molecule has 2 bridgehead atoms. The number of imidazole rings is 1. The number of carbonyl (C=O) groups excluding carboxylic acids is 1. The maximum atomic E-state index is 15.9. The molecule has 0 atom stereocenters. The van der Waals surface area contributed by atoms with Gasteiger partial charge in [-0.2, -0.15) is 0 Å². The second kappa shape index (κ2) is 16.0. The first-order chi connectivity index (χ1) is 28.4. The van der Waals surface area contributed by atoms with Gasteiger partial charge in [-0.25, -0.2) is 9.37 Å². The number of carbonyl (C=O) groups is 2. The highest BCUT2D eigenvalue weighted by molar-refractivity contribution is 6.39. The molecule has 3 saturated carbocycles. The van der Waals surface area contributed by atoms with E-state index in [1.165, 1.54) is 6.08 Å². The third kappa shape index (κ3) is 7.74. The molecule has 59 heavy (non-hydrogen) atoms. The van der Waals surface area contributed by atoms with E-state index in [1.54, 1.807) is 30.5 Å². The number of nitrogens with one attached hydrogen (secondary N) is 1. The van der Waals surface area contributed by atoms with Gasteiger partial charge in [0.2, 0.25) is 0 Å². The van der Waals surface area contributed by atoms with Gasteiger partial charge in [0.1, 0.15) is 5.83 Å². The Morgan fingerprint density at radius 2 is 1.71 bits per heavy atom. The summed E-state index contributed by atoms with van der Waals surface area (Å²) in [7, 11) is 1.87. The predicted molar refractivity (Wildman–Crippen MR) is 228 cm³/mol. The Bertz CT molecular complexity index is 2330. The lowest BCUT2D eigenvalue weighted by molar-refractivity contribution is -0.148. The zero-order valence-electron chi connectivity index (χ0n) is 33.5. The summed E-state index contributed by atoms with van der Waals surface area (Å²) >= 11 is 13.9. The average molecular weight is 842 g/mol. The summed E-state index contributed by atoms with van der Waals surface area (Å²) < 4.78 is 17.7. The summed E-state index contributed by atoms with van der Waals surface area (Å²) in [5.41, 5.74) is 6.09. The van der Waals surface area contributed by atoms with E-state index in [1.807, 2.05) is 29.8 Å². The van der Waals surface area contributed by atoms with E-state index in [2.05, 4.69) is 20.1 Å². The van der Waals surface area contributed by atoms with Crippen LogP contribution in [0.4, 0.5) is 10.1 Å². The lowest BCUT2D eigenvalue weighted by Gasteiger charge is -2.38. The fourth-order valence-electron chi connectivity index (χ4n) is 10.8. The maximum absolute atomic E-state index is 15.9. The maximum Gasteiger partial charge on any atom is 0.309 e. The highest BCUT2D eigenvalue weighted by Gasteiger charge is 2.57. The zero-order valence-corrected chi connectivity index (χ0v) is 35.0. The van der Waals surface area contributed by atoms with E-state index in [9.17, 15) is 19.8 Å². The molecular formula is C46H51Cl2FN6O4. The minimum absolute atomic E-state index is 0.130. The van der Waals surface area contributed by atoms with E-state index < -0.39 is 17.2 Å². The molecule has 0 unspecified atom stereocenters. The van der Waals surface area contributed by atoms with Gasteiger partial charge in [-0.05, 0) is 117 Å². The first-order valence-corrected chi connectivity index (χ1v) is 21.8. The number of hydrogen-bond donors (Lipinski definition) is 3. The molecule has 3 fully saturated rings. The van der Waals surface area contributed by atoms with Crippen molar-refractivity contribution in [2.45, 2.75) is 102 Å². The Labute approximate surface area is 354 Å². The van der Waals surface area contributed by atoms with Crippen LogP contribution in [0.25, 0.3) is 23.0 Å². The molecule has 4 heterocycles. The number of carboxylic acid groups (broad SMARTS) is 1. The van der Waals surface area contributed by atoms with Crippen molar-refractivity contribution < 1.29 is 24.2 Å². The number of amides is 1. The van der Waals surface area contributed by atoms with Gasteiger partial charge in [0, 0.05) is 68.7 Å². The number of hydrogen-bond acceptors (Lipinski definition) is 7. The standard InChI is InChI=1S/C46H51Cl2FN6O4/c1-53-39-13-19-54(21-18-45-14-16-46(27-45,17-15-45)44(58)59)26-38(39)51-42(53)43(57)52-36-7-3-6-34(41(36)48)33-5-2-4-29(40(33)47)22-35(49)37-23-28-12-20-55(25-30(28)24-50-37)31-8-10-32(56)11-9-31/h2-7,22-24,31-32,56H,8-21,25-27H2,1H3,(H,52,57)(H,58,59)/b35-22-. The van der Waals surface area contributed by atoms with Gasteiger partial charge < -0.3 is 20.1 Å². The number of aliphatic hydroxyl groups excluding tert-OH is 1. The lowest BCUT2D eigenvalue weighted by atomic mass is 9.80. The van der Waals surface area contributed by atoms with Crippen LogP contribution in [0.2, 0.25) is 10.0 Å². The Hall–Kier alpha value is -4.13. The van der Waals surface area contributed by atoms with Crippen LogP contribution in [0.1, 0.15) is 109 Å². The molecule has 9 rings (SSSR count). The smallest absolute Gasteiger partial charge is 0.309 e. The fourth-order valence-corrected chi connectivity index (χ4v) is 11.3. The van der Waals surface area contributed by atoms with E-state index in [0.29, 0.717) is 50.8 Å². The second-order valence-corrected chi connectivity index (χ2v) is 18.5. The summed E-state index contributed by atoms with van der Waals surface area (Å²) in [6.07, 6.45) is 13.6. The topological polar surface area (TPSA) is 124 Å². The van der Waals surface area contributed by atoms with Crippen molar-refractivity contribution in [3.05, 3.63) is 98.3 Å². The molecule has 3 N–H and O–H groups in total. The zero-order chi connectivity index (χ0) is 41.1. The predicted octanol–water partition coefficient (Wildman–Crippen LogP) is 8.95. The molecule has 2 aromatic carbocycles. The normalized spacial score (nSPS) is 25.8. The van der Waals surface area contributed by atoms with Crippen LogP contribution in [0.5, 0.6) is 0 Å². The van der Waals surface area contributed by atoms with Crippen LogP contribution < -0.4 is 5.32 Å². The Morgan fingerprint density at radius 3 is 2.46 bits per heavy atom. The van der Waals surface area contributed by atoms with Crippen molar-refractivity contribution >= 4 is 52.7 Å². The van der Waals surface area contributed by atoms with Crippen molar-refractivity contribution in [2.75, 3.05) is 25.0 Å². The van der Waals surface area contributed by atoms with Crippen LogP contribution in [-0.4, -0.2) is 78.2 Å². The number of anilines is 1. The molecule has 10 nitrogen and oxygen atoms in total. The highest BCUT2D eigenvalue weighted by Crippen LogP contribution is 2.63. The van der Waals surface area contributed by atoms with E-state index in [4.69, 9.17) is 28.2 Å². The molecule has 0 saturated heterocycles. The van der Waals surface area contributed by atoms with Crippen molar-refractivity contribution in [1.29, 1.82) is 0 Å².